The summed E-state index contributed by atoms with van der Waals surface area (Å²) in [6.07, 6.45) is 0.0163. The second-order valence-electron chi connectivity index (χ2n) is 9.21. The van der Waals surface area contributed by atoms with E-state index < -0.39 is 46.8 Å². The minimum Gasteiger partial charge on any atom is -0.722 e. The van der Waals surface area contributed by atoms with E-state index in [1.54, 1.807) is 48.0 Å². The number of carbonyl (C=O) groups is 4. The van der Waals surface area contributed by atoms with Crippen molar-refractivity contribution in [2.24, 2.45) is 7.05 Å². The number of imide groups is 1. The molecule has 0 spiro atoms. The van der Waals surface area contributed by atoms with Crippen LogP contribution in [0.1, 0.15) is 34.7 Å². The van der Waals surface area contributed by atoms with Crippen LogP contribution in [0.15, 0.2) is 66.7 Å². The molecule has 2 N–H and O–H groups in total. The second-order valence-corrected chi connectivity index (χ2v) is 10.00. The number of para-hydroxylation sites is 1. The number of carboxylic acid groups (broad SMARTS) is 2. The lowest BCUT2D eigenvalue weighted by molar-refractivity contribution is -0.618. The average molecular weight is 599 g/mol. The molecule has 1 fully saturated rings. The van der Waals surface area contributed by atoms with Crippen molar-refractivity contribution in [3.8, 4) is 11.1 Å². The van der Waals surface area contributed by atoms with E-state index in [9.17, 15) is 33.3 Å². The number of aromatic carboxylic acids is 1. The van der Waals surface area contributed by atoms with Crippen LogP contribution in [-0.2, 0) is 36.8 Å². The Morgan fingerprint density at radius 1 is 1.00 bits per heavy atom. The zero-order valence-electron chi connectivity index (χ0n) is 21.9. The number of aryl methyl sites for hydroxylation is 1. The molecule has 0 saturated carbocycles. The molecule has 5 rings (SSSR count). The molecular formula is C28H23FN2O10S. The van der Waals surface area contributed by atoms with E-state index in [2.05, 4.69) is 0 Å². The van der Waals surface area contributed by atoms with Crippen molar-refractivity contribution in [3.63, 3.8) is 0 Å². The molecule has 0 bridgehead atoms. The minimum absolute atomic E-state index is 0.00813. The lowest BCUT2D eigenvalue weighted by Gasteiger charge is -2.20. The van der Waals surface area contributed by atoms with Gasteiger partial charge in [-0.05, 0) is 17.2 Å². The molecular weight excluding hydrogens is 575 g/mol. The van der Waals surface area contributed by atoms with Gasteiger partial charge in [0.15, 0.2) is 0 Å². The third-order valence-corrected chi connectivity index (χ3v) is 6.68. The first-order valence-electron chi connectivity index (χ1n) is 12.3. The van der Waals surface area contributed by atoms with Crippen LogP contribution in [0.4, 0.5) is 3.89 Å². The van der Waals surface area contributed by atoms with Gasteiger partial charge in [0.2, 0.25) is 11.0 Å². The van der Waals surface area contributed by atoms with Crippen LogP contribution in [0.3, 0.4) is 0 Å². The number of halogens is 1. The fraction of sp³-hybridized carbons (Fsp3) is 0.179. The number of hydroxylamine groups is 2. The van der Waals surface area contributed by atoms with Gasteiger partial charge in [-0.25, -0.2) is 13.2 Å². The van der Waals surface area contributed by atoms with Gasteiger partial charge in [0.05, 0.1) is 22.9 Å². The molecule has 0 radical (unpaired) electrons. The summed E-state index contributed by atoms with van der Waals surface area (Å²) < 4.78 is 37.1. The third kappa shape index (κ3) is 6.25. The lowest BCUT2D eigenvalue weighted by Crippen LogP contribution is -2.35. The topological polar surface area (TPSA) is 182 Å². The largest absolute Gasteiger partial charge is 0.722 e. The molecule has 12 nitrogen and oxygen atoms in total. The van der Waals surface area contributed by atoms with Gasteiger partial charge in [-0.2, -0.15) is 9.63 Å². The first-order valence-corrected chi connectivity index (χ1v) is 13.6. The number of aliphatic carboxylic acids is 1. The van der Waals surface area contributed by atoms with Gasteiger partial charge in [-0.15, -0.1) is 3.89 Å². The molecule has 42 heavy (non-hydrogen) atoms. The Kier molecular flexibility index (Phi) is 8.61. The van der Waals surface area contributed by atoms with E-state index in [4.69, 9.17) is 17.8 Å². The van der Waals surface area contributed by atoms with Gasteiger partial charge < -0.3 is 14.8 Å². The SMILES string of the molecule is C[n+]1c2ccccc2c(C(=O)O)c2c(-c3ccccc3)ccc(C(CON3C(=O)CCC3=O)C(=O)O)c21.O=S(=O)([O-])F. The van der Waals surface area contributed by atoms with Crippen LogP contribution in [0.5, 0.6) is 0 Å². The minimum atomic E-state index is -5.42. The van der Waals surface area contributed by atoms with Gasteiger partial charge in [0.1, 0.15) is 13.0 Å². The summed E-state index contributed by atoms with van der Waals surface area (Å²) >= 11 is 0. The van der Waals surface area contributed by atoms with E-state index in [1.807, 2.05) is 30.3 Å². The fourth-order valence-corrected chi connectivity index (χ4v) is 4.96. The zero-order valence-corrected chi connectivity index (χ0v) is 22.7. The maximum atomic E-state index is 12.7. The molecule has 1 aliphatic heterocycles. The third-order valence-electron chi connectivity index (χ3n) is 6.68. The molecule has 2 heterocycles. The average Bonchev–Trinajstić information content (AvgIpc) is 3.24. The summed E-state index contributed by atoms with van der Waals surface area (Å²) in [6, 6.07) is 19.6. The van der Waals surface area contributed by atoms with Crippen molar-refractivity contribution in [1.82, 2.24) is 5.06 Å². The standard InChI is InChI=1S/C28H22N2O7.FHO3S/c1-29-21-10-6-5-9-19(21)25(28(35)36)24-17(16-7-3-2-4-8-16)11-12-18(26(24)29)20(27(33)34)15-37-30-22(31)13-14-23(30)32;1-5(2,3)4/h2-12,20H,13-15H2,1H3,(H-,33,34,35,36);(H,2,3,4). The van der Waals surface area contributed by atoms with Gasteiger partial charge in [0.25, 0.3) is 22.3 Å². The van der Waals surface area contributed by atoms with Crippen LogP contribution in [0, 0.1) is 0 Å². The summed E-state index contributed by atoms with van der Waals surface area (Å²) in [6.45, 7) is -0.484. The normalized spacial score (nSPS) is 14.1. The van der Waals surface area contributed by atoms with Crippen molar-refractivity contribution in [2.75, 3.05) is 6.61 Å². The number of hydrogen-bond donors (Lipinski definition) is 2. The zero-order chi connectivity index (χ0) is 30.8. The molecule has 1 aromatic heterocycles. The van der Waals surface area contributed by atoms with E-state index >= 15 is 0 Å². The first-order chi connectivity index (χ1) is 19.8. The van der Waals surface area contributed by atoms with Crippen molar-refractivity contribution in [2.45, 2.75) is 18.8 Å². The van der Waals surface area contributed by atoms with Gasteiger partial charge in [-0.3, -0.25) is 19.2 Å². The van der Waals surface area contributed by atoms with Gasteiger partial charge in [0, 0.05) is 24.5 Å². The Morgan fingerprint density at radius 2 is 1.57 bits per heavy atom. The summed E-state index contributed by atoms with van der Waals surface area (Å²) in [5.41, 5.74) is 2.78. The van der Waals surface area contributed by atoms with E-state index in [1.165, 1.54) is 0 Å². The highest BCUT2D eigenvalue weighted by Gasteiger charge is 2.35. The quantitative estimate of drug-likeness (QED) is 0.105. The van der Waals surface area contributed by atoms with Crippen molar-refractivity contribution < 1.29 is 55.7 Å². The fourth-order valence-electron chi connectivity index (χ4n) is 4.96. The summed E-state index contributed by atoms with van der Waals surface area (Å²) in [4.78, 5) is 54.5. The molecule has 4 aromatic rings. The molecule has 1 atom stereocenters. The maximum absolute atomic E-state index is 12.7. The summed E-state index contributed by atoms with van der Waals surface area (Å²) in [7, 11) is -3.66. The highest BCUT2D eigenvalue weighted by Crippen LogP contribution is 2.37. The predicted molar refractivity (Wildman–Crippen MR) is 143 cm³/mol. The van der Waals surface area contributed by atoms with E-state index in [-0.39, 0.29) is 18.4 Å². The molecule has 1 aliphatic rings. The van der Waals surface area contributed by atoms with Gasteiger partial charge >= 0.3 is 11.9 Å². The summed E-state index contributed by atoms with van der Waals surface area (Å²) in [5.74, 6) is -4.72. The Bertz CT molecular complexity index is 1820. The van der Waals surface area contributed by atoms with Crippen LogP contribution in [0.25, 0.3) is 32.9 Å². The highest BCUT2D eigenvalue weighted by molar-refractivity contribution is 7.80. The number of hydrogen-bond acceptors (Lipinski definition) is 8. The second kappa shape index (κ2) is 12.0. The number of rotatable bonds is 7. The molecule has 14 heteroatoms. The smallest absolute Gasteiger partial charge is 0.337 e. The van der Waals surface area contributed by atoms with Crippen LogP contribution < -0.4 is 4.57 Å². The number of fused-ring (bicyclic) bond motifs is 2. The monoisotopic (exact) mass is 598 g/mol. The Labute approximate surface area is 238 Å². The number of pyridine rings is 1. The Balaban J connectivity index is 0.000000748. The van der Waals surface area contributed by atoms with Crippen LogP contribution >= 0.6 is 0 Å². The molecule has 0 aliphatic carbocycles. The number of carbonyl (C=O) groups excluding carboxylic acids is 2. The molecule has 218 valence electrons. The predicted octanol–water partition coefficient (Wildman–Crippen LogP) is 2.85. The highest BCUT2D eigenvalue weighted by atomic mass is 32.3. The number of carboxylic acids is 2. The van der Waals surface area contributed by atoms with Crippen LogP contribution in [0.2, 0.25) is 0 Å². The molecule has 3 aromatic carbocycles. The van der Waals surface area contributed by atoms with Crippen molar-refractivity contribution in [3.05, 3.63) is 77.9 Å². The van der Waals surface area contributed by atoms with Gasteiger partial charge in [-0.1, -0.05) is 54.6 Å². The number of aromatic nitrogens is 1. The Morgan fingerprint density at radius 3 is 2.14 bits per heavy atom. The Hall–Kier alpha value is -4.79. The molecule has 1 unspecified atom stereocenters. The number of benzene rings is 3. The van der Waals surface area contributed by atoms with Crippen LogP contribution in [-0.4, -0.2) is 58.6 Å². The maximum Gasteiger partial charge on any atom is 0.337 e. The van der Waals surface area contributed by atoms with E-state index in [0.717, 1.165) is 5.56 Å². The number of amides is 2. The van der Waals surface area contributed by atoms with Crippen molar-refractivity contribution >= 4 is 56.1 Å². The van der Waals surface area contributed by atoms with Crippen molar-refractivity contribution in [1.29, 1.82) is 0 Å². The number of nitrogens with zero attached hydrogens (tertiary/aromatic N) is 2. The summed E-state index contributed by atoms with van der Waals surface area (Å²) in [5, 5.41) is 22.0. The van der Waals surface area contributed by atoms with E-state index in [0.29, 0.717) is 38.0 Å². The molecule has 1 saturated heterocycles. The lowest BCUT2D eigenvalue weighted by atomic mass is 9.88. The first kappa shape index (κ1) is 30.2. The molecule has 2 amide bonds.